The molecule has 1 fully saturated rings. The van der Waals surface area contributed by atoms with Crippen LogP contribution in [0.2, 0.25) is 0 Å². The van der Waals surface area contributed by atoms with Crippen LogP contribution in [0.3, 0.4) is 0 Å². The smallest absolute Gasteiger partial charge is 0.142 e. The third kappa shape index (κ3) is 3.42. The first kappa shape index (κ1) is 13.7. The van der Waals surface area contributed by atoms with Crippen molar-refractivity contribution in [2.75, 3.05) is 17.7 Å². The first-order valence-electron chi connectivity index (χ1n) is 7.18. The van der Waals surface area contributed by atoms with Crippen molar-refractivity contribution in [2.24, 2.45) is 0 Å². The molecule has 0 aliphatic heterocycles. The minimum atomic E-state index is 0.570. The number of aromatic nitrogens is 2. The highest BCUT2D eigenvalue weighted by Gasteiger charge is 2.21. The number of anilines is 3. The molecule has 1 aromatic carbocycles. The zero-order valence-corrected chi connectivity index (χ0v) is 12.6. The van der Waals surface area contributed by atoms with Crippen LogP contribution in [0.1, 0.15) is 24.2 Å². The summed E-state index contributed by atoms with van der Waals surface area (Å²) in [4.78, 5) is 8.87. The minimum Gasteiger partial charge on any atom is -0.495 e. The highest BCUT2D eigenvalue weighted by molar-refractivity contribution is 5.66. The molecule has 0 bridgehead atoms. The molecule has 1 aliphatic carbocycles. The Morgan fingerprint density at radius 2 is 1.86 bits per heavy atom. The molecule has 0 saturated heterocycles. The Hall–Kier alpha value is -2.30. The van der Waals surface area contributed by atoms with Gasteiger partial charge in [0.05, 0.1) is 12.8 Å². The van der Waals surface area contributed by atoms with Crippen LogP contribution >= 0.6 is 0 Å². The third-order valence-corrected chi connectivity index (χ3v) is 3.39. The van der Waals surface area contributed by atoms with Crippen molar-refractivity contribution in [1.82, 2.24) is 9.97 Å². The molecular formula is C16H20N4O. The average molecular weight is 284 g/mol. The van der Waals surface area contributed by atoms with Gasteiger partial charge >= 0.3 is 0 Å². The van der Waals surface area contributed by atoms with E-state index in [1.807, 2.05) is 31.2 Å². The van der Waals surface area contributed by atoms with Gasteiger partial charge in [-0.05, 0) is 44.4 Å². The molecule has 0 radical (unpaired) electrons. The van der Waals surface area contributed by atoms with Crippen molar-refractivity contribution in [3.8, 4) is 5.75 Å². The van der Waals surface area contributed by atoms with Gasteiger partial charge in [-0.25, -0.2) is 9.97 Å². The van der Waals surface area contributed by atoms with Gasteiger partial charge in [0.1, 0.15) is 23.2 Å². The molecule has 1 heterocycles. The summed E-state index contributed by atoms with van der Waals surface area (Å²) in [5, 5.41) is 6.72. The number of rotatable bonds is 5. The van der Waals surface area contributed by atoms with Crippen molar-refractivity contribution in [2.45, 2.75) is 32.7 Å². The van der Waals surface area contributed by atoms with Crippen LogP contribution in [0.25, 0.3) is 0 Å². The van der Waals surface area contributed by atoms with Gasteiger partial charge in [-0.1, -0.05) is 6.07 Å². The Balaban J connectivity index is 1.86. The Morgan fingerprint density at radius 3 is 2.57 bits per heavy atom. The molecule has 0 atom stereocenters. The molecule has 21 heavy (non-hydrogen) atoms. The van der Waals surface area contributed by atoms with Crippen LogP contribution in [0, 0.1) is 13.8 Å². The van der Waals surface area contributed by atoms with E-state index in [2.05, 4.69) is 27.5 Å². The van der Waals surface area contributed by atoms with E-state index in [0.717, 1.165) is 28.9 Å². The summed E-state index contributed by atoms with van der Waals surface area (Å²) in [6, 6.07) is 8.53. The summed E-state index contributed by atoms with van der Waals surface area (Å²) >= 11 is 0. The van der Waals surface area contributed by atoms with E-state index in [0.29, 0.717) is 6.04 Å². The molecule has 5 heteroatoms. The SMILES string of the molecule is COc1ccc(C)cc1Nc1cc(NC2CC2)nc(C)n1. The fourth-order valence-corrected chi connectivity index (χ4v) is 2.20. The Bertz CT molecular complexity index is 653. The van der Waals surface area contributed by atoms with Crippen LogP contribution in [-0.2, 0) is 0 Å². The quantitative estimate of drug-likeness (QED) is 0.881. The van der Waals surface area contributed by atoms with Gasteiger partial charge in [0.2, 0.25) is 0 Å². The number of benzene rings is 1. The second-order valence-electron chi connectivity index (χ2n) is 5.43. The first-order chi connectivity index (χ1) is 10.1. The van der Waals surface area contributed by atoms with Crippen molar-refractivity contribution in [1.29, 1.82) is 0 Å². The number of nitrogens with one attached hydrogen (secondary N) is 2. The molecule has 2 aromatic rings. The van der Waals surface area contributed by atoms with Gasteiger partial charge in [-0.2, -0.15) is 0 Å². The second kappa shape index (κ2) is 5.60. The first-order valence-corrected chi connectivity index (χ1v) is 7.18. The maximum atomic E-state index is 5.39. The Labute approximate surface area is 124 Å². The lowest BCUT2D eigenvalue weighted by Gasteiger charge is -2.13. The lowest BCUT2D eigenvalue weighted by atomic mass is 10.2. The van der Waals surface area contributed by atoms with E-state index in [1.165, 1.54) is 18.4 Å². The van der Waals surface area contributed by atoms with Gasteiger partial charge in [-0.3, -0.25) is 0 Å². The van der Waals surface area contributed by atoms with E-state index >= 15 is 0 Å². The standard InChI is InChI=1S/C16H20N4O/c1-10-4-7-14(21-3)13(8-10)20-16-9-15(17-11(2)18-16)19-12-5-6-12/h4,7-9,12H,5-6H2,1-3H3,(H2,17,18,19,20). The molecule has 3 rings (SSSR count). The van der Waals surface area contributed by atoms with Crippen molar-refractivity contribution < 1.29 is 4.74 Å². The molecule has 1 aliphatic rings. The molecule has 0 amide bonds. The summed E-state index contributed by atoms with van der Waals surface area (Å²) in [5.41, 5.74) is 2.08. The Morgan fingerprint density at radius 1 is 1.10 bits per heavy atom. The maximum absolute atomic E-state index is 5.39. The molecule has 1 saturated carbocycles. The van der Waals surface area contributed by atoms with E-state index < -0.39 is 0 Å². The van der Waals surface area contributed by atoms with Crippen molar-refractivity contribution >= 4 is 17.3 Å². The van der Waals surface area contributed by atoms with Crippen molar-refractivity contribution in [3.05, 3.63) is 35.7 Å². The lowest BCUT2D eigenvalue weighted by molar-refractivity contribution is 0.416. The fraction of sp³-hybridized carbons (Fsp3) is 0.375. The number of hydrogen-bond acceptors (Lipinski definition) is 5. The van der Waals surface area contributed by atoms with Crippen LogP contribution in [-0.4, -0.2) is 23.1 Å². The molecule has 0 spiro atoms. The fourth-order valence-electron chi connectivity index (χ4n) is 2.20. The van der Waals surface area contributed by atoms with Gasteiger partial charge < -0.3 is 15.4 Å². The predicted octanol–water partition coefficient (Wildman–Crippen LogP) is 3.42. The van der Waals surface area contributed by atoms with Gasteiger partial charge in [0.25, 0.3) is 0 Å². The van der Waals surface area contributed by atoms with E-state index in [9.17, 15) is 0 Å². The zero-order valence-electron chi connectivity index (χ0n) is 12.6. The molecule has 1 aromatic heterocycles. The number of aryl methyl sites for hydroxylation is 2. The molecule has 5 nitrogen and oxygen atoms in total. The van der Waals surface area contributed by atoms with E-state index in [1.54, 1.807) is 7.11 Å². The zero-order chi connectivity index (χ0) is 14.8. The molecule has 110 valence electrons. The van der Waals surface area contributed by atoms with Gasteiger partial charge in [0.15, 0.2) is 0 Å². The second-order valence-corrected chi connectivity index (χ2v) is 5.43. The summed E-state index contributed by atoms with van der Waals surface area (Å²) in [6.07, 6.45) is 2.44. The largest absolute Gasteiger partial charge is 0.495 e. The Kier molecular flexibility index (Phi) is 3.64. The predicted molar refractivity (Wildman–Crippen MR) is 84.4 cm³/mol. The number of ether oxygens (including phenoxy) is 1. The molecule has 0 unspecified atom stereocenters. The molecular weight excluding hydrogens is 264 g/mol. The summed E-state index contributed by atoms with van der Waals surface area (Å²) in [7, 11) is 1.67. The third-order valence-electron chi connectivity index (χ3n) is 3.39. The number of nitrogens with zero attached hydrogens (tertiary/aromatic N) is 2. The van der Waals surface area contributed by atoms with Crippen LogP contribution in [0.5, 0.6) is 5.75 Å². The normalized spacial score (nSPS) is 13.9. The van der Waals surface area contributed by atoms with Gasteiger partial charge in [0, 0.05) is 12.1 Å². The summed E-state index contributed by atoms with van der Waals surface area (Å²) in [5.74, 6) is 3.19. The highest BCUT2D eigenvalue weighted by Crippen LogP contribution is 2.29. The van der Waals surface area contributed by atoms with E-state index in [-0.39, 0.29) is 0 Å². The monoisotopic (exact) mass is 284 g/mol. The van der Waals surface area contributed by atoms with Crippen LogP contribution < -0.4 is 15.4 Å². The molecule has 2 N–H and O–H groups in total. The van der Waals surface area contributed by atoms with E-state index in [4.69, 9.17) is 4.74 Å². The minimum absolute atomic E-state index is 0.570. The average Bonchev–Trinajstić information content (AvgIpc) is 3.22. The number of hydrogen-bond donors (Lipinski definition) is 2. The number of methoxy groups -OCH3 is 1. The maximum Gasteiger partial charge on any atom is 0.142 e. The van der Waals surface area contributed by atoms with Crippen LogP contribution in [0.15, 0.2) is 24.3 Å². The summed E-state index contributed by atoms with van der Waals surface area (Å²) < 4.78 is 5.39. The lowest BCUT2D eigenvalue weighted by Crippen LogP contribution is -2.06. The van der Waals surface area contributed by atoms with Crippen LogP contribution in [0.4, 0.5) is 17.3 Å². The summed E-state index contributed by atoms with van der Waals surface area (Å²) in [6.45, 7) is 3.95. The van der Waals surface area contributed by atoms with Gasteiger partial charge in [-0.15, -0.1) is 0 Å². The topological polar surface area (TPSA) is 59.1 Å². The highest BCUT2D eigenvalue weighted by atomic mass is 16.5. The van der Waals surface area contributed by atoms with Crippen molar-refractivity contribution in [3.63, 3.8) is 0 Å².